The second kappa shape index (κ2) is 5.44. The minimum Gasteiger partial charge on any atom is -0.497 e. The van der Waals surface area contributed by atoms with Gasteiger partial charge in [0.1, 0.15) is 5.75 Å². The highest BCUT2D eigenvalue weighted by molar-refractivity contribution is 7.10. The molecule has 1 aromatic heterocycles. The number of ether oxygens (including phenoxy) is 1. The van der Waals surface area contributed by atoms with Crippen LogP contribution >= 0.6 is 22.9 Å². The highest BCUT2D eigenvalue weighted by Gasteiger charge is 2.14. The molecule has 0 aliphatic heterocycles. The summed E-state index contributed by atoms with van der Waals surface area (Å²) in [6.45, 7) is 0. The molecule has 1 atom stereocenters. The SMILES string of the molecule is COc1ccc2cc(C(N)c3sccc3Cl)ccc2c1. The predicted molar refractivity (Wildman–Crippen MR) is 85.9 cm³/mol. The molecular weight excluding hydrogens is 290 g/mol. The fraction of sp³-hybridized carbons (Fsp3) is 0.125. The minimum atomic E-state index is -0.186. The number of thiophene rings is 1. The molecule has 0 spiro atoms. The van der Waals surface area contributed by atoms with Gasteiger partial charge in [0.2, 0.25) is 0 Å². The van der Waals surface area contributed by atoms with Crippen LogP contribution in [-0.4, -0.2) is 7.11 Å². The lowest BCUT2D eigenvalue weighted by atomic mass is 10.0. The molecule has 102 valence electrons. The van der Waals surface area contributed by atoms with E-state index in [0.29, 0.717) is 0 Å². The van der Waals surface area contributed by atoms with E-state index in [1.807, 2.05) is 35.7 Å². The molecule has 0 bridgehead atoms. The van der Waals surface area contributed by atoms with Gasteiger partial charge in [-0.15, -0.1) is 11.3 Å². The Kier molecular flexibility index (Phi) is 3.66. The van der Waals surface area contributed by atoms with Crippen LogP contribution in [0.2, 0.25) is 5.02 Å². The van der Waals surface area contributed by atoms with Gasteiger partial charge >= 0.3 is 0 Å². The molecule has 3 aromatic rings. The number of nitrogens with two attached hydrogens (primary N) is 1. The molecule has 2 N–H and O–H groups in total. The molecule has 1 heterocycles. The van der Waals surface area contributed by atoms with Crippen LogP contribution in [0.1, 0.15) is 16.5 Å². The Hall–Kier alpha value is -1.55. The molecule has 2 aromatic carbocycles. The van der Waals surface area contributed by atoms with Crippen molar-refractivity contribution < 1.29 is 4.74 Å². The lowest BCUT2D eigenvalue weighted by molar-refractivity contribution is 0.415. The fourth-order valence-electron chi connectivity index (χ4n) is 2.24. The summed E-state index contributed by atoms with van der Waals surface area (Å²) in [6, 6.07) is 13.9. The Balaban J connectivity index is 2.03. The van der Waals surface area contributed by atoms with E-state index in [0.717, 1.165) is 32.0 Å². The van der Waals surface area contributed by atoms with Gasteiger partial charge in [-0.3, -0.25) is 0 Å². The number of rotatable bonds is 3. The zero-order chi connectivity index (χ0) is 14.1. The average molecular weight is 304 g/mol. The highest BCUT2D eigenvalue weighted by atomic mass is 35.5. The third kappa shape index (κ3) is 2.40. The number of hydrogen-bond donors (Lipinski definition) is 1. The van der Waals surface area contributed by atoms with Crippen LogP contribution in [0.25, 0.3) is 10.8 Å². The molecular formula is C16H14ClNOS. The molecule has 4 heteroatoms. The zero-order valence-electron chi connectivity index (χ0n) is 11.0. The van der Waals surface area contributed by atoms with Crippen molar-refractivity contribution in [1.82, 2.24) is 0 Å². The van der Waals surface area contributed by atoms with Crippen LogP contribution in [0, 0.1) is 0 Å². The Morgan fingerprint density at radius 2 is 1.85 bits per heavy atom. The first-order valence-corrected chi connectivity index (χ1v) is 7.51. The van der Waals surface area contributed by atoms with E-state index < -0.39 is 0 Å². The second-order valence-electron chi connectivity index (χ2n) is 4.58. The molecule has 0 amide bonds. The lowest BCUT2D eigenvalue weighted by Gasteiger charge is -2.12. The van der Waals surface area contributed by atoms with Crippen molar-refractivity contribution in [2.24, 2.45) is 5.73 Å². The third-order valence-electron chi connectivity index (χ3n) is 3.36. The first kappa shape index (κ1) is 13.4. The van der Waals surface area contributed by atoms with E-state index >= 15 is 0 Å². The van der Waals surface area contributed by atoms with E-state index in [1.54, 1.807) is 18.4 Å². The molecule has 0 radical (unpaired) electrons. The van der Waals surface area contributed by atoms with Gasteiger partial charge in [0.15, 0.2) is 0 Å². The summed E-state index contributed by atoms with van der Waals surface area (Å²) in [7, 11) is 1.67. The van der Waals surface area contributed by atoms with Crippen LogP contribution in [0.15, 0.2) is 47.8 Å². The summed E-state index contributed by atoms with van der Waals surface area (Å²) in [4.78, 5) is 1.000. The molecule has 2 nitrogen and oxygen atoms in total. The lowest BCUT2D eigenvalue weighted by Crippen LogP contribution is -2.10. The summed E-state index contributed by atoms with van der Waals surface area (Å²) < 4.78 is 5.23. The Bertz CT molecular complexity index is 753. The molecule has 0 aliphatic carbocycles. The number of fused-ring (bicyclic) bond motifs is 1. The molecule has 0 saturated carbocycles. The van der Waals surface area contributed by atoms with Gasteiger partial charge < -0.3 is 10.5 Å². The number of halogens is 1. The molecule has 1 unspecified atom stereocenters. The van der Waals surface area contributed by atoms with Crippen molar-refractivity contribution in [3.05, 3.63) is 63.3 Å². The fourth-order valence-corrected chi connectivity index (χ4v) is 3.44. The maximum absolute atomic E-state index is 6.31. The van der Waals surface area contributed by atoms with Crippen LogP contribution < -0.4 is 10.5 Å². The van der Waals surface area contributed by atoms with Crippen molar-refractivity contribution in [2.75, 3.05) is 7.11 Å². The first-order valence-electron chi connectivity index (χ1n) is 6.25. The quantitative estimate of drug-likeness (QED) is 0.767. The average Bonchev–Trinajstić information content (AvgIpc) is 2.91. The Morgan fingerprint density at radius 3 is 2.55 bits per heavy atom. The summed E-state index contributed by atoms with van der Waals surface area (Å²) in [5.74, 6) is 0.857. The Morgan fingerprint density at radius 1 is 1.10 bits per heavy atom. The van der Waals surface area contributed by atoms with Crippen LogP contribution in [0.3, 0.4) is 0 Å². The highest BCUT2D eigenvalue weighted by Crippen LogP contribution is 2.32. The number of methoxy groups -OCH3 is 1. The molecule has 0 aliphatic rings. The number of benzene rings is 2. The van der Waals surface area contributed by atoms with E-state index in [4.69, 9.17) is 22.1 Å². The first-order chi connectivity index (χ1) is 9.69. The largest absolute Gasteiger partial charge is 0.497 e. The maximum Gasteiger partial charge on any atom is 0.119 e. The van der Waals surface area contributed by atoms with Crippen LogP contribution in [0.4, 0.5) is 0 Å². The van der Waals surface area contributed by atoms with Crippen LogP contribution in [-0.2, 0) is 0 Å². The van der Waals surface area contributed by atoms with E-state index in [2.05, 4.69) is 12.1 Å². The van der Waals surface area contributed by atoms with Crippen molar-refractivity contribution in [3.63, 3.8) is 0 Å². The summed E-state index contributed by atoms with van der Waals surface area (Å²) in [6.07, 6.45) is 0. The van der Waals surface area contributed by atoms with Gasteiger partial charge in [0.25, 0.3) is 0 Å². The molecule has 3 rings (SSSR count). The molecule has 0 saturated heterocycles. The maximum atomic E-state index is 6.31. The third-order valence-corrected chi connectivity index (χ3v) is 4.80. The standard InChI is InChI=1S/C16H14ClNOS/c1-19-13-5-4-10-8-12(3-2-11(10)9-13)15(18)16-14(17)6-7-20-16/h2-9,15H,18H2,1H3. The smallest absolute Gasteiger partial charge is 0.119 e. The normalized spacial score (nSPS) is 12.6. The van der Waals surface area contributed by atoms with Gasteiger partial charge in [0.05, 0.1) is 18.2 Å². The van der Waals surface area contributed by atoms with Crippen molar-refractivity contribution >= 4 is 33.7 Å². The topological polar surface area (TPSA) is 35.2 Å². The van der Waals surface area contributed by atoms with Gasteiger partial charge in [-0.1, -0.05) is 29.8 Å². The van der Waals surface area contributed by atoms with Gasteiger partial charge in [-0.2, -0.15) is 0 Å². The van der Waals surface area contributed by atoms with Crippen molar-refractivity contribution in [1.29, 1.82) is 0 Å². The summed E-state index contributed by atoms with van der Waals surface area (Å²) >= 11 is 7.74. The van der Waals surface area contributed by atoms with Crippen LogP contribution in [0.5, 0.6) is 5.75 Å². The van der Waals surface area contributed by atoms with Crippen molar-refractivity contribution in [3.8, 4) is 5.75 Å². The minimum absolute atomic E-state index is 0.186. The van der Waals surface area contributed by atoms with Gasteiger partial charge in [-0.05, 0) is 46.0 Å². The Labute approximate surface area is 126 Å². The van der Waals surface area contributed by atoms with Gasteiger partial charge in [-0.25, -0.2) is 0 Å². The zero-order valence-corrected chi connectivity index (χ0v) is 12.5. The summed E-state index contributed by atoms with van der Waals surface area (Å²) in [5.41, 5.74) is 7.37. The molecule has 20 heavy (non-hydrogen) atoms. The molecule has 0 fully saturated rings. The van der Waals surface area contributed by atoms with Crippen molar-refractivity contribution in [2.45, 2.75) is 6.04 Å². The monoisotopic (exact) mass is 303 g/mol. The van der Waals surface area contributed by atoms with E-state index in [1.165, 1.54) is 0 Å². The van der Waals surface area contributed by atoms with Gasteiger partial charge in [0, 0.05) is 4.88 Å². The number of hydrogen-bond acceptors (Lipinski definition) is 3. The predicted octanol–water partition coefficient (Wildman–Crippen LogP) is 4.61. The second-order valence-corrected chi connectivity index (χ2v) is 5.94. The summed E-state index contributed by atoms with van der Waals surface area (Å²) in [5, 5.41) is 4.98. The van der Waals surface area contributed by atoms with E-state index in [-0.39, 0.29) is 6.04 Å². The van der Waals surface area contributed by atoms with E-state index in [9.17, 15) is 0 Å².